The van der Waals surface area contributed by atoms with Crippen LogP contribution in [-0.2, 0) is 57.8 Å². The van der Waals surface area contributed by atoms with Gasteiger partial charge in [0.2, 0.25) is 18.1 Å². The fourth-order valence-electron chi connectivity index (χ4n) is 10.4. The lowest BCUT2D eigenvalue weighted by Gasteiger charge is -2.34. The summed E-state index contributed by atoms with van der Waals surface area (Å²) in [6.07, 6.45) is 1.21. The second-order valence-electron chi connectivity index (χ2n) is 20.0. The third-order valence-corrected chi connectivity index (χ3v) is 14.4. The van der Waals surface area contributed by atoms with Crippen LogP contribution in [0, 0.1) is 0 Å². The van der Waals surface area contributed by atoms with Crippen molar-refractivity contribution in [1.82, 2.24) is 29.7 Å². The number of esters is 2. The van der Waals surface area contributed by atoms with E-state index < -0.39 is 48.5 Å². The molecule has 0 radical (unpaired) electrons. The number of carbonyl (C=O) groups is 5. The van der Waals surface area contributed by atoms with Crippen LogP contribution in [0.2, 0.25) is 0 Å². The van der Waals surface area contributed by atoms with E-state index in [9.17, 15) is 24.0 Å². The summed E-state index contributed by atoms with van der Waals surface area (Å²) < 4.78 is 42.0. The summed E-state index contributed by atoms with van der Waals surface area (Å²) in [5.41, 5.74) is 14.9. The van der Waals surface area contributed by atoms with Gasteiger partial charge in [-0.2, -0.15) is 4.98 Å². The van der Waals surface area contributed by atoms with Gasteiger partial charge in [0.05, 0.1) is 32.0 Å². The van der Waals surface area contributed by atoms with Gasteiger partial charge in [-0.3, -0.25) is 14.5 Å². The predicted octanol–water partition coefficient (Wildman–Crippen LogP) is 7.98. The summed E-state index contributed by atoms with van der Waals surface area (Å²) in [7, 11) is 2.89. The molecule has 2 aliphatic heterocycles. The standard InChI is InChI=1S/C59H69N9O12/c1-5-6-11-22-61-55-54-47(64-57(60)65-55)21-24-68(54)34-40-18-16-38(30-50(40)74-3)33-66-25-27-67(28-26-66)59(73)77-35-39-17-19-49(79-53-32-41(78-37(2)69)31-51(80-53)56(71)75-4)48(29-39)63-52(70)20-23-62-58(72)76-36-46-44-14-9-7-12-42(44)43-13-8-10-15-45(43)46/h7-10,12-19,21,24,29-30,41,46,51,53H,5-6,11,20,22-23,25-28,31-36H2,1-4H3,(H,62,72)(H,63,70)(H3,60,61,64,65). The Labute approximate surface area is 464 Å². The van der Waals surface area contributed by atoms with Crippen molar-refractivity contribution in [3.63, 3.8) is 0 Å². The van der Waals surface area contributed by atoms with E-state index in [0.717, 1.165) is 76.0 Å². The number of anilines is 3. The van der Waals surface area contributed by atoms with Gasteiger partial charge < -0.3 is 64.3 Å². The van der Waals surface area contributed by atoms with Gasteiger partial charge in [0.25, 0.3) is 0 Å². The zero-order valence-electron chi connectivity index (χ0n) is 45.6. The molecule has 3 amide bonds. The van der Waals surface area contributed by atoms with E-state index in [4.69, 9.17) is 38.9 Å². The van der Waals surface area contributed by atoms with Gasteiger partial charge >= 0.3 is 24.1 Å². The van der Waals surface area contributed by atoms with E-state index in [0.29, 0.717) is 50.6 Å². The monoisotopic (exact) mass is 1100 g/mol. The molecule has 4 heterocycles. The molecule has 0 saturated carbocycles. The van der Waals surface area contributed by atoms with Gasteiger partial charge in [0.1, 0.15) is 36.3 Å². The Morgan fingerprint density at radius 3 is 2.27 bits per heavy atom. The van der Waals surface area contributed by atoms with Gasteiger partial charge in [0.15, 0.2) is 11.9 Å². The molecule has 2 saturated heterocycles. The number of hydrogen-bond donors (Lipinski definition) is 4. The number of ether oxygens (including phenoxy) is 7. The largest absolute Gasteiger partial charge is 0.496 e. The number of aromatic nitrogens is 3. The van der Waals surface area contributed by atoms with Gasteiger partial charge in [-0.15, -0.1) is 0 Å². The number of nitrogens with two attached hydrogens (primary N) is 1. The zero-order valence-corrected chi connectivity index (χ0v) is 45.6. The number of unbranched alkanes of at least 4 members (excludes halogenated alkanes) is 2. The zero-order chi connectivity index (χ0) is 56.1. The number of fused-ring (bicyclic) bond motifs is 4. The van der Waals surface area contributed by atoms with E-state index in [-0.39, 0.29) is 62.3 Å². The first-order chi connectivity index (χ1) is 38.9. The Balaban J connectivity index is 0.792. The highest BCUT2D eigenvalue weighted by Crippen LogP contribution is 2.44. The molecule has 0 bridgehead atoms. The Kier molecular flexibility index (Phi) is 18.6. The van der Waals surface area contributed by atoms with Crippen LogP contribution in [0.1, 0.15) is 86.1 Å². The molecule has 21 nitrogen and oxygen atoms in total. The average molecular weight is 1100 g/mol. The molecule has 3 atom stereocenters. The molecule has 4 aromatic carbocycles. The van der Waals surface area contributed by atoms with Crippen molar-refractivity contribution in [2.45, 2.75) is 96.5 Å². The molecular formula is C59H69N9O12. The second kappa shape index (κ2) is 26.5. The minimum atomic E-state index is -1.09. The molecule has 3 unspecified atom stereocenters. The quantitative estimate of drug-likeness (QED) is 0.0286. The topological polar surface area (TPSA) is 249 Å². The number of alkyl carbamates (subject to hydrolysis) is 1. The second-order valence-corrected chi connectivity index (χ2v) is 20.0. The van der Waals surface area contributed by atoms with Crippen molar-refractivity contribution >= 4 is 58.5 Å². The van der Waals surface area contributed by atoms with Gasteiger partial charge in [-0.05, 0) is 64.1 Å². The fourth-order valence-corrected chi connectivity index (χ4v) is 10.4. The van der Waals surface area contributed by atoms with Crippen LogP contribution >= 0.6 is 0 Å². The number of methoxy groups -OCH3 is 2. The summed E-state index contributed by atoms with van der Waals surface area (Å²) in [4.78, 5) is 77.4. The summed E-state index contributed by atoms with van der Waals surface area (Å²) >= 11 is 0. The number of nitrogens with zero attached hydrogens (tertiary/aromatic N) is 5. The molecule has 6 aromatic rings. The van der Waals surface area contributed by atoms with Crippen molar-refractivity contribution in [3.05, 3.63) is 125 Å². The van der Waals surface area contributed by atoms with Crippen LogP contribution in [0.25, 0.3) is 22.2 Å². The summed E-state index contributed by atoms with van der Waals surface area (Å²) in [6.45, 7) is 7.47. The maximum absolute atomic E-state index is 13.5. The third-order valence-electron chi connectivity index (χ3n) is 14.4. The van der Waals surface area contributed by atoms with E-state index in [1.807, 2.05) is 48.7 Å². The normalized spacial score (nSPS) is 16.9. The van der Waals surface area contributed by atoms with Crippen LogP contribution in [0.4, 0.5) is 27.0 Å². The molecule has 422 valence electrons. The SMILES string of the molecule is CCCCCNc1nc(N)nc2ccn(Cc3ccc(CN4CCN(C(=O)OCc5ccc(OC6CC(OC(C)=O)CC(C(=O)OC)O6)c(NC(=O)CCNC(=O)OCC6c7ccccc7-c7ccccc76)c5)CC4)cc3OC)c12. The third kappa shape index (κ3) is 14.1. The Hall–Kier alpha value is -8.43. The number of piperazine rings is 1. The van der Waals surface area contributed by atoms with Gasteiger partial charge in [0, 0.05) is 89.7 Å². The van der Waals surface area contributed by atoms with Crippen molar-refractivity contribution in [2.75, 3.05) is 76.5 Å². The summed E-state index contributed by atoms with van der Waals surface area (Å²) in [5.74, 6) is 0.0456. The molecule has 2 aromatic heterocycles. The van der Waals surface area contributed by atoms with E-state index in [1.165, 1.54) is 14.0 Å². The van der Waals surface area contributed by atoms with Crippen LogP contribution in [0.3, 0.4) is 0 Å². The highest BCUT2D eigenvalue weighted by molar-refractivity contribution is 5.93. The fraction of sp³-hybridized carbons (Fsp3) is 0.407. The molecule has 0 spiro atoms. The molecule has 9 rings (SSSR count). The molecule has 3 aliphatic rings. The maximum Gasteiger partial charge on any atom is 0.410 e. The van der Waals surface area contributed by atoms with Crippen LogP contribution in [-0.4, -0.2) is 133 Å². The lowest BCUT2D eigenvalue weighted by atomic mass is 9.98. The number of amides is 3. The lowest BCUT2D eigenvalue weighted by molar-refractivity contribution is -0.204. The lowest BCUT2D eigenvalue weighted by Crippen LogP contribution is -2.48. The van der Waals surface area contributed by atoms with E-state index in [1.54, 1.807) is 30.2 Å². The van der Waals surface area contributed by atoms with Crippen LogP contribution in [0.5, 0.6) is 11.5 Å². The molecule has 80 heavy (non-hydrogen) atoms. The number of benzene rings is 4. The molecule has 2 fully saturated rings. The molecule has 21 heteroatoms. The Bertz CT molecular complexity index is 3130. The van der Waals surface area contributed by atoms with Crippen LogP contribution in [0.15, 0.2) is 97.2 Å². The number of carbonyl (C=O) groups excluding carboxylic acids is 5. The maximum atomic E-state index is 13.5. The summed E-state index contributed by atoms with van der Waals surface area (Å²) in [5, 5.41) is 8.98. The molecule has 1 aliphatic carbocycles. The van der Waals surface area contributed by atoms with Crippen molar-refractivity contribution in [2.24, 2.45) is 0 Å². The number of rotatable bonds is 22. The smallest absolute Gasteiger partial charge is 0.410 e. The number of hydrogen-bond acceptors (Lipinski definition) is 17. The minimum absolute atomic E-state index is 0.0430. The van der Waals surface area contributed by atoms with E-state index >= 15 is 0 Å². The molecule has 5 N–H and O–H groups in total. The van der Waals surface area contributed by atoms with Crippen molar-refractivity contribution in [3.8, 4) is 22.6 Å². The number of nitrogen functional groups attached to an aromatic ring is 1. The first-order valence-corrected chi connectivity index (χ1v) is 27.1. The van der Waals surface area contributed by atoms with Crippen LogP contribution < -0.4 is 31.2 Å². The summed E-state index contributed by atoms with van der Waals surface area (Å²) in [6, 6.07) is 29.1. The molecular weight excluding hydrogens is 1030 g/mol. The number of nitrogens with one attached hydrogen (secondary N) is 3. The minimum Gasteiger partial charge on any atom is -0.496 e. The van der Waals surface area contributed by atoms with Gasteiger partial charge in [-0.25, -0.2) is 19.4 Å². The van der Waals surface area contributed by atoms with Gasteiger partial charge in [-0.1, -0.05) is 86.5 Å². The highest BCUT2D eigenvalue weighted by Gasteiger charge is 2.38. The Morgan fingerprint density at radius 1 is 0.800 bits per heavy atom. The average Bonchev–Trinajstić information content (AvgIpc) is 4.06. The predicted molar refractivity (Wildman–Crippen MR) is 298 cm³/mol. The Morgan fingerprint density at radius 2 is 1.55 bits per heavy atom. The van der Waals surface area contributed by atoms with Crippen molar-refractivity contribution in [1.29, 1.82) is 0 Å². The van der Waals surface area contributed by atoms with E-state index in [2.05, 4.69) is 72.6 Å². The first kappa shape index (κ1) is 56.3. The van der Waals surface area contributed by atoms with Crippen molar-refractivity contribution < 1.29 is 57.1 Å². The first-order valence-electron chi connectivity index (χ1n) is 27.1. The highest BCUT2D eigenvalue weighted by atomic mass is 16.7.